The molecule has 7 heteroatoms. The molecule has 21 heavy (non-hydrogen) atoms. The van der Waals surface area contributed by atoms with Crippen LogP contribution in [0.5, 0.6) is 5.75 Å². The summed E-state index contributed by atoms with van der Waals surface area (Å²) in [5.74, 6) is 0.201. The third-order valence-electron chi connectivity index (χ3n) is 3.29. The lowest BCUT2D eigenvalue weighted by molar-refractivity contribution is -0.385. The fourth-order valence-corrected chi connectivity index (χ4v) is 2.16. The summed E-state index contributed by atoms with van der Waals surface area (Å²) in [6.45, 7) is 2.74. The number of carbonyl (C=O) groups excluding carboxylic acids is 1. The summed E-state index contributed by atoms with van der Waals surface area (Å²) < 4.78 is 10.7. The maximum Gasteiger partial charge on any atom is 0.272 e. The standard InChI is InChI=1S/C14H18N2O5/c1-10-7-11(4-5-13(10)16(18)19)21-9-14(17)15-8-12-3-2-6-20-12/h4-5,7,12H,2-3,6,8-9H2,1H3,(H,15,17)/t12-/m0/s1. The van der Waals surface area contributed by atoms with Crippen molar-refractivity contribution in [2.45, 2.75) is 25.9 Å². The Bertz CT molecular complexity index is 526. The molecule has 2 rings (SSSR count). The Kier molecular flexibility index (Phi) is 5.10. The Morgan fingerprint density at radius 3 is 3.00 bits per heavy atom. The van der Waals surface area contributed by atoms with Gasteiger partial charge in [-0.3, -0.25) is 14.9 Å². The number of hydrogen-bond donors (Lipinski definition) is 1. The largest absolute Gasteiger partial charge is 0.484 e. The first-order valence-electron chi connectivity index (χ1n) is 6.82. The molecule has 1 aliphatic rings. The van der Waals surface area contributed by atoms with E-state index >= 15 is 0 Å². The fraction of sp³-hybridized carbons (Fsp3) is 0.500. The maximum atomic E-state index is 11.6. The monoisotopic (exact) mass is 294 g/mol. The molecule has 0 radical (unpaired) electrons. The number of carbonyl (C=O) groups is 1. The van der Waals surface area contributed by atoms with Gasteiger partial charge >= 0.3 is 0 Å². The van der Waals surface area contributed by atoms with E-state index in [-0.39, 0.29) is 24.3 Å². The molecular weight excluding hydrogens is 276 g/mol. The van der Waals surface area contributed by atoms with Crippen molar-refractivity contribution < 1.29 is 19.2 Å². The average molecular weight is 294 g/mol. The van der Waals surface area contributed by atoms with Gasteiger partial charge in [-0.05, 0) is 31.9 Å². The number of amides is 1. The van der Waals surface area contributed by atoms with E-state index in [0.29, 0.717) is 17.9 Å². The van der Waals surface area contributed by atoms with E-state index in [4.69, 9.17) is 9.47 Å². The molecule has 0 bridgehead atoms. The maximum absolute atomic E-state index is 11.6. The van der Waals surface area contributed by atoms with Gasteiger partial charge < -0.3 is 14.8 Å². The third kappa shape index (κ3) is 4.42. The third-order valence-corrected chi connectivity index (χ3v) is 3.29. The van der Waals surface area contributed by atoms with E-state index in [1.165, 1.54) is 12.1 Å². The highest BCUT2D eigenvalue weighted by Gasteiger charge is 2.16. The molecule has 114 valence electrons. The highest BCUT2D eigenvalue weighted by molar-refractivity contribution is 5.77. The predicted octanol–water partition coefficient (Wildman–Crippen LogP) is 1.58. The Morgan fingerprint density at radius 2 is 2.38 bits per heavy atom. The first-order chi connectivity index (χ1) is 10.1. The molecular formula is C14H18N2O5. The summed E-state index contributed by atoms with van der Waals surface area (Å²) in [4.78, 5) is 21.9. The predicted molar refractivity (Wildman–Crippen MR) is 75.3 cm³/mol. The van der Waals surface area contributed by atoms with Crippen LogP contribution in [0.25, 0.3) is 0 Å². The Labute approximate surface area is 122 Å². The number of benzene rings is 1. The van der Waals surface area contributed by atoms with Crippen LogP contribution in [-0.4, -0.2) is 36.7 Å². The second kappa shape index (κ2) is 7.03. The highest BCUT2D eigenvalue weighted by atomic mass is 16.6. The zero-order valence-corrected chi connectivity index (χ0v) is 11.8. The first-order valence-corrected chi connectivity index (χ1v) is 6.82. The van der Waals surface area contributed by atoms with Gasteiger partial charge in [0.1, 0.15) is 5.75 Å². The molecule has 1 fully saturated rings. The normalized spacial score (nSPS) is 17.5. The molecule has 1 atom stereocenters. The summed E-state index contributed by atoms with van der Waals surface area (Å²) in [6, 6.07) is 4.40. The number of rotatable bonds is 6. The van der Waals surface area contributed by atoms with Crippen molar-refractivity contribution in [1.82, 2.24) is 5.32 Å². The molecule has 1 saturated heterocycles. The van der Waals surface area contributed by atoms with Crippen LogP contribution in [0.1, 0.15) is 18.4 Å². The summed E-state index contributed by atoms with van der Waals surface area (Å²) in [5, 5.41) is 13.4. The number of nitrogens with zero attached hydrogens (tertiary/aromatic N) is 1. The van der Waals surface area contributed by atoms with E-state index in [1.807, 2.05) is 0 Å². The van der Waals surface area contributed by atoms with E-state index in [0.717, 1.165) is 19.4 Å². The molecule has 1 heterocycles. The van der Waals surface area contributed by atoms with Crippen LogP contribution < -0.4 is 10.1 Å². The van der Waals surface area contributed by atoms with Gasteiger partial charge in [0.25, 0.3) is 11.6 Å². The summed E-state index contributed by atoms with van der Waals surface area (Å²) in [6.07, 6.45) is 2.08. The van der Waals surface area contributed by atoms with Gasteiger partial charge in [-0.2, -0.15) is 0 Å². The lowest BCUT2D eigenvalue weighted by Gasteiger charge is -2.11. The van der Waals surface area contributed by atoms with Crippen molar-refractivity contribution in [1.29, 1.82) is 0 Å². The van der Waals surface area contributed by atoms with Gasteiger partial charge in [0.15, 0.2) is 6.61 Å². The highest BCUT2D eigenvalue weighted by Crippen LogP contribution is 2.22. The van der Waals surface area contributed by atoms with Crippen LogP contribution in [0.2, 0.25) is 0 Å². The van der Waals surface area contributed by atoms with Crippen molar-refractivity contribution >= 4 is 11.6 Å². The van der Waals surface area contributed by atoms with Gasteiger partial charge in [0, 0.05) is 24.8 Å². The van der Waals surface area contributed by atoms with Crippen LogP contribution in [0.4, 0.5) is 5.69 Å². The minimum Gasteiger partial charge on any atom is -0.484 e. The van der Waals surface area contributed by atoms with Gasteiger partial charge in [0.05, 0.1) is 11.0 Å². The lowest BCUT2D eigenvalue weighted by atomic mass is 10.2. The van der Waals surface area contributed by atoms with Crippen molar-refractivity contribution in [3.63, 3.8) is 0 Å². The zero-order valence-electron chi connectivity index (χ0n) is 11.8. The molecule has 1 amide bonds. The SMILES string of the molecule is Cc1cc(OCC(=O)NC[C@@H]2CCCO2)ccc1[N+](=O)[O-]. The second-order valence-electron chi connectivity index (χ2n) is 4.93. The molecule has 1 aromatic carbocycles. The van der Waals surface area contributed by atoms with E-state index in [2.05, 4.69) is 5.32 Å². The summed E-state index contributed by atoms with van der Waals surface area (Å²) in [5.41, 5.74) is 0.530. The molecule has 0 aromatic heterocycles. The number of nitrogens with one attached hydrogen (secondary N) is 1. The number of nitro groups is 1. The van der Waals surface area contributed by atoms with Gasteiger partial charge in [-0.1, -0.05) is 0 Å². The van der Waals surface area contributed by atoms with Crippen LogP contribution in [0.3, 0.4) is 0 Å². The molecule has 0 saturated carbocycles. The first kappa shape index (κ1) is 15.2. The minimum atomic E-state index is -0.451. The van der Waals surface area contributed by atoms with Crippen molar-refractivity contribution in [2.24, 2.45) is 0 Å². The van der Waals surface area contributed by atoms with Crippen LogP contribution >= 0.6 is 0 Å². The smallest absolute Gasteiger partial charge is 0.272 e. The zero-order chi connectivity index (χ0) is 15.2. The number of aryl methyl sites for hydroxylation is 1. The second-order valence-corrected chi connectivity index (χ2v) is 4.93. The van der Waals surface area contributed by atoms with Crippen LogP contribution in [-0.2, 0) is 9.53 Å². The van der Waals surface area contributed by atoms with Crippen LogP contribution in [0, 0.1) is 17.0 Å². The van der Waals surface area contributed by atoms with Gasteiger partial charge in [0.2, 0.25) is 0 Å². The number of nitro benzene ring substituents is 1. The molecule has 7 nitrogen and oxygen atoms in total. The lowest BCUT2D eigenvalue weighted by Crippen LogP contribution is -2.35. The van der Waals surface area contributed by atoms with Crippen molar-refractivity contribution in [2.75, 3.05) is 19.8 Å². The summed E-state index contributed by atoms with van der Waals surface area (Å²) in [7, 11) is 0. The minimum absolute atomic E-state index is 0.0326. The van der Waals surface area contributed by atoms with E-state index in [1.54, 1.807) is 13.0 Å². The number of ether oxygens (including phenoxy) is 2. The number of hydrogen-bond acceptors (Lipinski definition) is 5. The molecule has 1 N–H and O–H groups in total. The molecule has 1 aliphatic heterocycles. The van der Waals surface area contributed by atoms with Gasteiger partial charge in [-0.25, -0.2) is 0 Å². The molecule has 0 aliphatic carbocycles. The Morgan fingerprint density at radius 1 is 1.57 bits per heavy atom. The Hall–Kier alpha value is -2.15. The van der Waals surface area contributed by atoms with Crippen LogP contribution in [0.15, 0.2) is 18.2 Å². The average Bonchev–Trinajstić information content (AvgIpc) is 2.95. The molecule has 1 aromatic rings. The Balaban J connectivity index is 1.78. The van der Waals surface area contributed by atoms with Crippen molar-refractivity contribution in [3.8, 4) is 5.75 Å². The van der Waals surface area contributed by atoms with E-state index < -0.39 is 4.92 Å². The molecule has 0 unspecified atom stereocenters. The summed E-state index contributed by atoms with van der Waals surface area (Å²) >= 11 is 0. The van der Waals surface area contributed by atoms with Crippen molar-refractivity contribution in [3.05, 3.63) is 33.9 Å². The van der Waals surface area contributed by atoms with E-state index in [9.17, 15) is 14.9 Å². The quantitative estimate of drug-likeness (QED) is 0.635. The topological polar surface area (TPSA) is 90.7 Å². The fourth-order valence-electron chi connectivity index (χ4n) is 2.16. The van der Waals surface area contributed by atoms with Gasteiger partial charge in [-0.15, -0.1) is 0 Å². The molecule has 0 spiro atoms.